The highest BCUT2D eigenvalue weighted by Crippen LogP contribution is 2.32. The van der Waals surface area contributed by atoms with E-state index in [4.69, 9.17) is 23.2 Å². The normalized spacial score (nSPS) is 18.1. The number of hydrogen-bond acceptors (Lipinski definition) is 6. The molecule has 2 heterocycles. The summed E-state index contributed by atoms with van der Waals surface area (Å²) in [5.41, 5.74) is 0.573. The second-order valence-electron chi connectivity index (χ2n) is 7.78. The van der Waals surface area contributed by atoms with E-state index in [9.17, 15) is 9.59 Å². The third-order valence-electron chi connectivity index (χ3n) is 5.88. The van der Waals surface area contributed by atoms with E-state index in [2.05, 4.69) is 15.5 Å². The Morgan fingerprint density at radius 3 is 2.50 bits per heavy atom. The molecule has 0 atom stereocenters. The van der Waals surface area contributed by atoms with Gasteiger partial charge in [-0.3, -0.25) is 9.59 Å². The monoisotopic (exact) mass is 467 g/mol. The summed E-state index contributed by atoms with van der Waals surface area (Å²) in [5, 5.41) is 13.5. The lowest BCUT2D eigenvalue weighted by molar-refractivity contribution is -0.129. The van der Waals surface area contributed by atoms with Gasteiger partial charge in [0.15, 0.2) is 5.78 Å². The van der Waals surface area contributed by atoms with Crippen LogP contribution in [0.2, 0.25) is 10.0 Å². The Balaban J connectivity index is 1.28. The molecule has 160 valence electrons. The quantitative estimate of drug-likeness (QED) is 0.464. The third-order valence-corrected chi connectivity index (χ3v) is 7.54. The Morgan fingerprint density at radius 1 is 1.07 bits per heavy atom. The molecule has 0 bridgehead atoms. The zero-order chi connectivity index (χ0) is 21.1. The number of ketones is 1. The molecule has 1 amide bonds. The van der Waals surface area contributed by atoms with Gasteiger partial charge in [0.05, 0.1) is 21.8 Å². The molecule has 1 saturated heterocycles. The number of tetrazole rings is 1. The zero-order valence-electron chi connectivity index (χ0n) is 16.5. The predicted octanol–water partition coefficient (Wildman–Crippen LogP) is 4.31. The first-order valence-corrected chi connectivity index (χ1v) is 11.9. The number of benzene rings is 1. The van der Waals surface area contributed by atoms with Gasteiger partial charge < -0.3 is 4.90 Å². The number of amides is 1. The molecule has 0 unspecified atom stereocenters. The largest absolute Gasteiger partial charge is 0.342 e. The summed E-state index contributed by atoms with van der Waals surface area (Å²) >= 11 is 13.4. The molecule has 0 spiro atoms. The van der Waals surface area contributed by atoms with Crippen molar-refractivity contribution in [3.63, 3.8) is 0 Å². The fourth-order valence-corrected chi connectivity index (χ4v) is 5.30. The third kappa shape index (κ3) is 4.81. The molecule has 2 aromatic rings. The molecule has 2 aliphatic rings. The maximum atomic E-state index is 12.8. The predicted molar refractivity (Wildman–Crippen MR) is 116 cm³/mol. The van der Waals surface area contributed by atoms with E-state index in [1.165, 1.54) is 24.6 Å². The lowest BCUT2D eigenvalue weighted by atomic mass is 9.89. The van der Waals surface area contributed by atoms with Crippen molar-refractivity contribution in [2.45, 2.75) is 49.7 Å². The minimum Gasteiger partial charge on any atom is -0.342 e. The standard InChI is InChI=1S/C20H23Cl2N5O2S/c21-16-6-5-14(11-17(16)22)19(29)13-7-9-26(10-8-13)18(28)12-30-20-23-24-25-27(20)15-3-1-2-4-15/h5-6,11,13,15H,1-4,7-10,12H2. The lowest BCUT2D eigenvalue weighted by Gasteiger charge is -2.31. The molecule has 1 saturated carbocycles. The van der Waals surface area contributed by atoms with Gasteiger partial charge in [-0.05, 0) is 54.3 Å². The second kappa shape index (κ2) is 9.66. The van der Waals surface area contributed by atoms with Gasteiger partial charge in [0.25, 0.3) is 0 Å². The molecule has 0 radical (unpaired) electrons. The summed E-state index contributed by atoms with van der Waals surface area (Å²) in [7, 11) is 0. The van der Waals surface area contributed by atoms with E-state index in [0.29, 0.717) is 58.5 Å². The van der Waals surface area contributed by atoms with Crippen LogP contribution in [0.25, 0.3) is 0 Å². The highest BCUT2D eigenvalue weighted by atomic mass is 35.5. The van der Waals surface area contributed by atoms with Crippen molar-refractivity contribution in [2.24, 2.45) is 5.92 Å². The number of halogens is 2. The van der Waals surface area contributed by atoms with Crippen LogP contribution in [0.3, 0.4) is 0 Å². The highest BCUT2D eigenvalue weighted by Gasteiger charge is 2.29. The number of piperidine rings is 1. The number of thioether (sulfide) groups is 1. The van der Waals surface area contributed by atoms with Crippen LogP contribution in [0.5, 0.6) is 0 Å². The van der Waals surface area contributed by atoms with Gasteiger partial charge in [-0.25, -0.2) is 4.68 Å². The maximum absolute atomic E-state index is 12.8. The lowest BCUT2D eigenvalue weighted by Crippen LogP contribution is -2.41. The van der Waals surface area contributed by atoms with Gasteiger partial charge in [-0.1, -0.05) is 47.8 Å². The molecule has 7 nitrogen and oxygen atoms in total. The fraction of sp³-hybridized carbons (Fsp3) is 0.550. The van der Waals surface area contributed by atoms with Gasteiger partial charge in [-0.15, -0.1) is 5.10 Å². The Hall–Kier alpha value is -1.64. The number of carbonyl (C=O) groups is 2. The summed E-state index contributed by atoms with van der Waals surface area (Å²) in [6, 6.07) is 5.32. The van der Waals surface area contributed by atoms with E-state index in [0.717, 1.165) is 12.8 Å². The smallest absolute Gasteiger partial charge is 0.233 e. The molecule has 0 N–H and O–H groups in total. The molecule has 1 aliphatic carbocycles. The van der Waals surface area contributed by atoms with E-state index in [1.807, 2.05) is 9.58 Å². The van der Waals surface area contributed by atoms with Crippen LogP contribution in [-0.4, -0.2) is 55.6 Å². The van der Waals surface area contributed by atoms with Crippen LogP contribution in [-0.2, 0) is 4.79 Å². The van der Waals surface area contributed by atoms with Gasteiger partial charge in [-0.2, -0.15) is 0 Å². The van der Waals surface area contributed by atoms with Crippen LogP contribution in [0.15, 0.2) is 23.4 Å². The van der Waals surface area contributed by atoms with Crippen LogP contribution in [0, 0.1) is 5.92 Å². The first kappa shape index (κ1) is 21.6. The van der Waals surface area contributed by atoms with E-state index in [-0.39, 0.29) is 17.6 Å². The van der Waals surface area contributed by atoms with Crippen LogP contribution in [0.4, 0.5) is 0 Å². The van der Waals surface area contributed by atoms with Crippen molar-refractivity contribution in [1.29, 1.82) is 0 Å². The summed E-state index contributed by atoms with van der Waals surface area (Å²) in [4.78, 5) is 27.2. The van der Waals surface area contributed by atoms with E-state index >= 15 is 0 Å². The van der Waals surface area contributed by atoms with Gasteiger partial charge in [0.2, 0.25) is 11.1 Å². The Morgan fingerprint density at radius 2 is 1.80 bits per heavy atom. The molecule has 2 fully saturated rings. The highest BCUT2D eigenvalue weighted by molar-refractivity contribution is 7.99. The number of Topliss-reactive ketones (excluding diaryl/α,β-unsaturated/α-hetero) is 1. The van der Waals surface area contributed by atoms with Gasteiger partial charge >= 0.3 is 0 Å². The zero-order valence-corrected chi connectivity index (χ0v) is 18.8. The second-order valence-corrected chi connectivity index (χ2v) is 9.54. The summed E-state index contributed by atoms with van der Waals surface area (Å²) < 4.78 is 1.87. The molecule has 1 aliphatic heterocycles. The number of hydrogen-bond donors (Lipinski definition) is 0. The van der Waals surface area contributed by atoms with Crippen LogP contribution >= 0.6 is 35.0 Å². The van der Waals surface area contributed by atoms with Crippen molar-refractivity contribution in [3.8, 4) is 0 Å². The van der Waals surface area contributed by atoms with Gasteiger partial charge in [0, 0.05) is 24.6 Å². The average Bonchev–Trinajstić information content (AvgIpc) is 3.45. The molecule has 1 aromatic carbocycles. The summed E-state index contributed by atoms with van der Waals surface area (Å²) in [5.74, 6) is 0.319. The number of likely N-dealkylation sites (tertiary alicyclic amines) is 1. The van der Waals surface area contributed by atoms with E-state index < -0.39 is 0 Å². The number of aromatic nitrogens is 4. The Kier molecular flexibility index (Phi) is 6.95. The minimum atomic E-state index is -0.103. The van der Waals surface area contributed by atoms with Crippen LogP contribution < -0.4 is 0 Å². The summed E-state index contributed by atoms with van der Waals surface area (Å²) in [6.07, 6.45) is 5.87. The fourth-order valence-electron chi connectivity index (χ4n) is 4.15. The molecular weight excluding hydrogens is 445 g/mol. The van der Waals surface area contributed by atoms with Crippen molar-refractivity contribution in [3.05, 3.63) is 33.8 Å². The Labute approximate surface area is 189 Å². The molecule has 1 aromatic heterocycles. The maximum Gasteiger partial charge on any atom is 0.233 e. The SMILES string of the molecule is O=C(c1ccc(Cl)c(Cl)c1)C1CCN(C(=O)CSc2nnnn2C2CCCC2)CC1. The van der Waals surface area contributed by atoms with Crippen LogP contribution in [0.1, 0.15) is 54.9 Å². The summed E-state index contributed by atoms with van der Waals surface area (Å²) in [6.45, 7) is 1.15. The van der Waals surface area contributed by atoms with Gasteiger partial charge in [0.1, 0.15) is 0 Å². The van der Waals surface area contributed by atoms with Crippen molar-refractivity contribution >= 4 is 46.7 Å². The Bertz CT molecular complexity index is 924. The molecule has 30 heavy (non-hydrogen) atoms. The topological polar surface area (TPSA) is 81.0 Å². The number of nitrogens with zero attached hydrogens (tertiary/aromatic N) is 5. The van der Waals surface area contributed by atoms with Crippen molar-refractivity contribution in [1.82, 2.24) is 25.1 Å². The molecular formula is C20H23Cl2N5O2S. The first-order chi connectivity index (χ1) is 14.5. The molecule has 4 rings (SSSR count). The number of rotatable bonds is 6. The number of carbonyl (C=O) groups excluding carboxylic acids is 2. The molecule has 10 heteroatoms. The van der Waals surface area contributed by atoms with Crippen molar-refractivity contribution < 1.29 is 9.59 Å². The first-order valence-electron chi connectivity index (χ1n) is 10.2. The van der Waals surface area contributed by atoms with E-state index in [1.54, 1.807) is 18.2 Å². The van der Waals surface area contributed by atoms with Crippen molar-refractivity contribution in [2.75, 3.05) is 18.8 Å². The minimum absolute atomic E-state index is 0.0569. The average molecular weight is 468 g/mol.